The highest BCUT2D eigenvalue weighted by Gasteiger charge is 2.13. The second kappa shape index (κ2) is 9.02. The molecule has 3 rings (SSSR count). The lowest BCUT2D eigenvalue weighted by molar-refractivity contribution is 0.153. The SMILES string of the molecule is C=c1cccc/c1=C(\NCCCN1CCN(C)CC1)c1ccccc1C. The molecule has 1 saturated heterocycles. The molecule has 1 aliphatic heterocycles. The van der Waals surface area contributed by atoms with Crippen molar-refractivity contribution in [3.05, 3.63) is 70.1 Å². The third-order valence-corrected chi connectivity index (χ3v) is 5.25. The second-order valence-electron chi connectivity index (χ2n) is 7.27. The van der Waals surface area contributed by atoms with E-state index in [9.17, 15) is 0 Å². The molecule has 2 aromatic rings. The molecule has 0 unspecified atom stereocenters. The van der Waals surface area contributed by atoms with Crippen LogP contribution < -0.4 is 15.8 Å². The quantitative estimate of drug-likeness (QED) is 0.802. The van der Waals surface area contributed by atoms with Crippen molar-refractivity contribution < 1.29 is 0 Å². The summed E-state index contributed by atoms with van der Waals surface area (Å²) in [5.41, 5.74) is 3.76. The number of nitrogens with one attached hydrogen (secondary N) is 1. The molecule has 1 N–H and O–H groups in total. The number of hydrogen-bond acceptors (Lipinski definition) is 3. The van der Waals surface area contributed by atoms with E-state index in [0.29, 0.717) is 0 Å². The highest BCUT2D eigenvalue weighted by molar-refractivity contribution is 5.66. The molecule has 0 bridgehead atoms. The van der Waals surface area contributed by atoms with E-state index in [1.165, 1.54) is 48.2 Å². The Bertz CT molecular complexity index is 819. The fourth-order valence-electron chi connectivity index (χ4n) is 3.54. The van der Waals surface area contributed by atoms with Gasteiger partial charge in [0.05, 0.1) is 0 Å². The normalized spacial score (nSPS) is 17.2. The first kappa shape index (κ1) is 18.7. The molecule has 1 aliphatic rings. The average molecular weight is 350 g/mol. The van der Waals surface area contributed by atoms with Crippen LogP contribution >= 0.6 is 0 Å². The van der Waals surface area contributed by atoms with Crippen LogP contribution in [0.15, 0.2) is 48.5 Å². The molecule has 0 aliphatic carbocycles. The molecule has 0 radical (unpaired) electrons. The van der Waals surface area contributed by atoms with Crippen molar-refractivity contribution in [3.63, 3.8) is 0 Å². The third-order valence-electron chi connectivity index (χ3n) is 5.25. The summed E-state index contributed by atoms with van der Waals surface area (Å²) < 4.78 is 0. The second-order valence-corrected chi connectivity index (χ2v) is 7.27. The molecule has 3 heteroatoms. The Hall–Kier alpha value is -2.10. The first-order valence-electron chi connectivity index (χ1n) is 9.64. The monoisotopic (exact) mass is 349 g/mol. The summed E-state index contributed by atoms with van der Waals surface area (Å²) >= 11 is 0. The largest absolute Gasteiger partial charge is 0.384 e. The summed E-state index contributed by atoms with van der Waals surface area (Å²) in [4.78, 5) is 4.98. The zero-order valence-corrected chi connectivity index (χ0v) is 16.2. The van der Waals surface area contributed by atoms with Gasteiger partial charge in [-0.15, -0.1) is 0 Å². The van der Waals surface area contributed by atoms with E-state index in [0.717, 1.165) is 24.7 Å². The molecule has 138 valence electrons. The Morgan fingerprint density at radius 3 is 2.42 bits per heavy atom. The Morgan fingerprint density at radius 1 is 1.00 bits per heavy atom. The number of nitrogens with zero attached hydrogens (tertiary/aromatic N) is 2. The molecule has 0 aromatic heterocycles. The summed E-state index contributed by atoms with van der Waals surface area (Å²) in [6, 6.07) is 17.0. The van der Waals surface area contributed by atoms with E-state index >= 15 is 0 Å². The third kappa shape index (κ3) is 4.75. The van der Waals surface area contributed by atoms with Crippen molar-refractivity contribution in [1.82, 2.24) is 15.1 Å². The van der Waals surface area contributed by atoms with Crippen molar-refractivity contribution >= 4 is 12.3 Å². The van der Waals surface area contributed by atoms with Gasteiger partial charge < -0.3 is 15.1 Å². The number of piperazine rings is 1. The van der Waals surface area contributed by atoms with E-state index in [-0.39, 0.29) is 0 Å². The predicted molar refractivity (Wildman–Crippen MR) is 111 cm³/mol. The maximum absolute atomic E-state index is 4.23. The van der Waals surface area contributed by atoms with Crippen LogP contribution in [-0.4, -0.2) is 56.1 Å². The van der Waals surface area contributed by atoms with Gasteiger partial charge >= 0.3 is 0 Å². The van der Waals surface area contributed by atoms with Gasteiger partial charge in [-0.25, -0.2) is 0 Å². The molecule has 3 nitrogen and oxygen atoms in total. The Labute approximate surface area is 157 Å². The molecule has 0 amide bonds. The minimum Gasteiger partial charge on any atom is -0.384 e. The first-order chi connectivity index (χ1) is 12.6. The molecule has 0 atom stereocenters. The van der Waals surface area contributed by atoms with E-state index in [2.05, 4.69) is 84.2 Å². The van der Waals surface area contributed by atoms with Gasteiger partial charge in [-0.05, 0) is 37.7 Å². The molecule has 1 heterocycles. The average Bonchev–Trinajstić information content (AvgIpc) is 2.65. The standard InChI is InChI=1S/C23H31N3/c1-19-9-4-6-11-21(19)23(22-12-7-5-10-20(22)2)24-13-8-14-26-17-15-25(3)16-18-26/h4-7,9-12,24H,1,8,13-18H2,2-3H3/b23-21+. The highest BCUT2D eigenvalue weighted by Crippen LogP contribution is 2.13. The van der Waals surface area contributed by atoms with Gasteiger partial charge in [0, 0.05) is 49.2 Å². The van der Waals surface area contributed by atoms with Crippen LogP contribution in [0.1, 0.15) is 17.5 Å². The fourth-order valence-corrected chi connectivity index (χ4v) is 3.54. The van der Waals surface area contributed by atoms with E-state index in [1.807, 2.05) is 0 Å². The first-order valence-corrected chi connectivity index (χ1v) is 9.64. The molecular formula is C23H31N3. The van der Waals surface area contributed by atoms with Crippen LogP contribution in [0, 0.1) is 6.92 Å². The molecule has 0 saturated carbocycles. The lowest BCUT2D eigenvalue weighted by Gasteiger charge is -2.32. The number of likely N-dealkylation sites (N-methyl/N-ethyl adjacent to an activating group) is 1. The molecule has 2 aromatic carbocycles. The Balaban J connectivity index is 1.72. The lowest BCUT2D eigenvalue weighted by Crippen LogP contribution is -2.45. The van der Waals surface area contributed by atoms with Gasteiger partial charge in [-0.1, -0.05) is 55.1 Å². The summed E-state index contributed by atoms with van der Waals surface area (Å²) in [6.07, 6.45) is 1.15. The Morgan fingerprint density at radius 2 is 1.69 bits per heavy atom. The van der Waals surface area contributed by atoms with E-state index in [1.54, 1.807) is 0 Å². The number of benzene rings is 2. The smallest absolute Gasteiger partial charge is 0.0495 e. The highest BCUT2D eigenvalue weighted by atomic mass is 15.2. The minimum atomic E-state index is 0.977. The topological polar surface area (TPSA) is 18.5 Å². The van der Waals surface area contributed by atoms with Crippen LogP contribution in [0.5, 0.6) is 0 Å². The van der Waals surface area contributed by atoms with Gasteiger partial charge in [0.15, 0.2) is 0 Å². The zero-order valence-electron chi connectivity index (χ0n) is 16.2. The van der Waals surface area contributed by atoms with Gasteiger partial charge in [0.25, 0.3) is 0 Å². The van der Waals surface area contributed by atoms with Crippen molar-refractivity contribution in [2.45, 2.75) is 13.3 Å². The number of rotatable bonds is 6. The fraction of sp³-hybridized carbons (Fsp3) is 0.391. The van der Waals surface area contributed by atoms with Crippen LogP contribution in [0.25, 0.3) is 12.3 Å². The summed E-state index contributed by atoms with van der Waals surface area (Å²) in [5, 5.41) is 5.98. The van der Waals surface area contributed by atoms with E-state index < -0.39 is 0 Å². The molecular weight excluding hydrogens is 318 g/mol. The minimum absolute atomic E-state index is 0.977. The molecule has 0 spiro atoms. The number of aryl methyl sites for hydroxylation is 1. The van der Waals surface area contributed by atoms with Crippen molar-refractivity contribution in [1.29, 1.82) is 0 Å². The van der Waals surface area contributed by atoms with Crippen LogP contribution in [0.3, 0.4) is 0 Å². The molecule has 26 heavy (non-hydrogen) atoms. The van der Waals surface area contributed by atoms with Crippen molar-refractivity contribution in [2.75, 3.05) is 46.3 Å². The zero-order chi connectivity index (χ0) is 18.4. The van der Waals surface area contributed by atoms with Crippen LogP contribution in [-0.2, 0) is 0 Å². The maximum atomic E-state index is 4.23. The van der Waals surface area contributed by atoms with Crippen molar-refractivity contribution in [3.8, 4) is 0 Å². The summed E-state index contributed by atoms with van der Waals surface area (Å²) in [5.74, 6) is 0. The van der Waals surface area contributed by atoms with E-state index in [4.69, 9.17) is 0 Å². The van der Waals surface area contributed by atoms with Crippen LogP contribution in [0.2, 0.25) is 0 Å². The van der Waals surface area contributed by atoms with Crippen molar-refractivity contribution in [2.24, 2.45) is 0 Å². The molecule has 1 fully saturated rings. The maximum Gasteiger partial charge on any atom is 0.0495 e. The number of hydrogen-bond donors (Lipinski definition) is 1. The summed E-state index contributed by atoms with van der Waals surface area (Å²) in [6.45, 7) is 13.3. The van der Waals surface area contributed by atoms with Gasteiger partial charge in [0.2, 0.25) is 0 Å². The summed E-state index contributed by atoms with van der Waals surface area (Å²) in [7, 11) is 2.21. The Kier molecular flexibility index (Phi) is 6.48. The van der Waals surface area contributed by atoms with Gasteiger partial charge in [-0.2, -0.15) is 0 Å². The van der Waals surface area contributed by atoms with Gasteiger partial charge in [-0.3, -0.25) is 0 Å². The van der Waals surface area contributed by atoms with Crippen LogP contribution in [0.4, 0.5) is 0 Å². The predicted octanol–water partition coefficient (Wildman–Crippen LogP) is 1.79. The lowest BCUT2D eigenvalue weighted by atomic mass is 10.0. The van der Waals surface area contributed by atoms with Gasteiger partial charge in [0.1, 0.15) is 0 Å².